The molecule has 3 rings (SSSR count). The molecule has 5 nitrogen and oxygen atoms in total. The molecule has 0 unspecified atom stereocenters. The molecule has 0 N–H and O–H groups in total. The Kier molecular flexibility index (Phi) is 9.12. The summed E-state index contributed by atoms with van der Waals surface area (Å²) in [5, 5.41) is 0. The second kappa shape index (κ2) is 11.9. The van der Waals surface area contributed by atoms with Gasteiger partial charge in [0.1, 0.15) is 12.4 Å². The standard InChI is InChI=1S/C28H28BrF3O5/c1-6-13-36-26-22(35-5)14-16(2)23(25(33)24-17(3)20(29)11-12-21(24)34-4)27(26)37-15-18-7-9-19(10-8-18)28(30,31)32/h7-12,14H,6,13,15H2,1-5H3. The third kappa shape index (κ3) is 6.21. The van der Waals surface area contributed by atoms with Crippen LogP contribution in [-0.2, 0) is 12.8 Å². The molecule has 0 radical (unpaired) electrons. The first-order chi connectivity index (χ1) is 17.5. The maximum atomic E-state index is 14.0. The summed E-state index contributed by atoms with van der Waals surface area (Å²) in [7, 11) is 2.97. The number of methoxy groups -OCH3 is 2. The molecular formula is C28H28BrF3O5. The van der Waals surface area contributed by atoms with Crippen LogP contribution in [0.25, 0.3) is 0 Å². The molecule has 3 aromatic rings. The molecule has 0 aliphatic carbocycles. The Morgan fingerprint density at radius 1 is 0.892 bits per heavy atom. The van der Waals surface area contributed by atoms with E-state index in [9.17, 15) is 18.0 Å². The van der Waals surface area contributed by atoms with Crippen LogP contribution >= 0.6 is 15.9 Å². The Bertz CT molecular complexity index is 1270. The Hall–Kier alpha value is -3.20. The molecule has 37 heavy (non-hydrogen) atoms. The van der Waals surface area contributed by atoms with E-state index in [0.717, 1.165) is 16.6 Å². The van der Waals surface area contributed by atoms with E-state index in [1.807, 2.05) is 6.92 Å². The fraction of sp³-hybridized carbons (Fsp3) is 0.321. The number of carbonyl (C=O) groups excluding carboxylic acids is 1. The Labute approximate surface area is 222 Å². The van der Waals surface area contributed by atoms with Gasteiger partial charge in [-0.25, -0.2) is 0 Å². The topological polar surface area (TPSA) is 54.0 Å². The predicted octanol–water partition coefficient (Wildman–Crippen LogP) is 7.70. The number of aryl methyl sites for hydroxylation is 1. The number of rotatable bonds is 10. The fourth-order valence-corrected chi connectivity index (χ4v) is 4.17. The highest BCUT2D eigenvalue weighted by molar-refractivity contribution is 9.10. The van der Waals surface area contributed by atoms with E-state index < -0.39 is 11.7 Å². The van der Waals surface area contributed by atoms with Crippen molar-refractivity contribution in [3.8, 4) is 23.0 Å². The number of alkyl halides is 3. The normalized spacial score (nSPS) is 11.3. The van der Waals surface area contributed by atoms with Crippen LogP contribution in [0.4, 0.5) is 13.2 Å². The average molecular weight is 581 g/mol. The minimum absolute atomic E-state index is 0.0951. The summed E-state index contributed by atoms with van der Waals surface area (Å²) in [5.74, 6) is 0.821. The van der Waals surface area contributed by atoms with Gasteiger partial charge in [0.25, 0.3) is 0 Å². The van der Waals surface area contributed by atoms with E-state index in [1.165, 1.54) is 26.4 Å². The number of ether oxygens (including phenoxy) is 4. The Morgan fingerprint density at radius 3 is 2.11 bits per heavy atom. The second-order valence-electron chi connectivity index (χ2n) is 8.34. The molecule has 0 aromatic heterocycles. The molecule has 9 heteroatoms. The van der Waals surface area contributed by atoms with Crippen LogP contribution in [0.2, 0.25) is 0 Å². The number of hydrogen-bond donors (Lipinski definition) is 0. The van der Waals surface area contributed by atoms with Crippen molar-refractivity contribution in [3.05, 3.63) is 80.3 Å². The van der Waals surface area contributed by atoms with Gasteiger partial charge >= 0.3 is 6.18 Å². The summed E-state index contributed by atoms with van der Waals surface area (Å²) in [6.07, 6.45) is -3.75. The molecule has 0 fully saturated rings. The Balaban J connectivity index is 2.15. The number of ketones is 1. The molecule has 0 atom stereocenters. The predicted molar refractivity (Wildman–Crippen MR) is 138 cm³/mol. The van der Waals surface area contributed by atoms with Crippen molar-refractivity contribution >= 4 is 21.7 Å². The summed E-state index contributed by atoms with van der Waals surface area (Å²) in [4.78, 5) is 14.0. The first-order valence-corrected chi connectivity index (χ1v) is 12.3. The van der Waals surface area contributed by atoms with Crippen LogP contribution in [0, 0.1) is 13.8 Å². The van der Waals surface area contributed by atoms with Crippen LogP contribution < -0.4 is 18.9 Å². The van der Waals surface area contributed by atoms with Gasteiger partial charge < -0.3 is 18.9 Å². The lowest BCUT2D eigenvalue weighted by molar-refractivity contribution is -0.137. The van der Waals surface area contributed by atoms with Gasteiger partial charge in [-0.15, -0.1) is 0 Å². The fourth-order valence-electron chi connectivity index (χ4n) is 3.84. The summed E-state index contributed by atoms with van der Waals surface area (Å²) in [6, 6.07) is 9.85. The third-order valence-corrected chi connectivity index (χ3v) is 6.63. The Morgan fingerprint density at radius 2 is 1.54 bits per heavy atom. The van der Waals surface area contributed by atoms with Crippen molar-refractivity contribution in [2.24, 2.45) is 0 Å². The van der Waals surface area contributed by atoms with Gasteiger partial charge in [0.05, 0.1) is 37.5 Å². The molecule has 0 spiro atoms. The van der Waals surface area contributed by atoms with Crippen LogP contribution in [0.5, 0.6) is 23.0 Å². The van der Waals surface area contributed by atoms with Crippen LogP contribution in [0.15, 0.2) is 46.9 Å². The number of halogens is 4. The van der Waals surface area contributed by atoms with Gasteiger partial charge in [-0.05, 0) is 67.3 Å². The number of benzene rings is 3. The minimum atomic E-state index is -4.44. The van der Waals surface area contributed by atoms with Crippen molar-refractivity contribution in [3.63, 3.8) is 0 Å². The van der Waals surface area contributed by atoms with E-state index in [-0.39, 0.29) is 29.5 Å². The zero-order valence-corrected chi connectivity index (χ0v) is 22.8. The van der Waals surface area contributed by atoms with Crippen LogP contribution in [0.1, 0.15) is 51.5 Å². The first kappa shape index (κ1) is 28.4. The lowest BCUT2D eigenvalue weighted by Gasteiger charge is -2.21. The molecule has 0 saturated carbocycles. The summed E-state index contributed by atoms with van der Waals surface area (Å²) in [5.41, 5.74) is 1.60. The minimum Gasteiger partial charge on any atom is -0.496 e. The first-order valence-electron chi connectivity index (χ1n) is 11.5. The highest BCUT2D eigenvalue weighted by Crippen LogP contribution is 2.45. The zero-order chi connectivity index (χ0) is 27.3. The maximum absolute atomic E-state index is 14.0. The molecule has 3 aromatic carbocycles. The summed E-state index contributed by atoms with van der Waals surface area (Å²) < 4.78 is 62.8. The number of hydrogen-bond acceptors (Lipinski definition) is 5. The molecule has 0 heterocycles. The van der Waals surface area contributed by atoms with Crippen LogP contribution in [0.3, 0.4) is 0 Å². The quantitative estimate of drug-likeness (QED) is 0.230. The summed E-state index contributed by atoms with van der Waals surface area (Å²) in [6.45, 7) is 5.73. The van der Waals surface area contributed by atoms with E-state index >= 15 is 0 Å². The second-order valence-corrected chi connectivity index (χ2v) is 9.19. The molecule has 0 aliphatic heterocycles. The van der Waals surface area contributed by atoms with Gasteiger partial charge in [0.15, 0.2) is 11.5 Å². The van der Waals surface area contributed by atoms with Crippen molar-refractivity contribution < 1.29 is 36.9 Å². The number of carbonyl (C=O) groups is 1. The summed E-state index contributed by atoms with van der Waals surface area (Å²) >= 11 is 3.48. The van der Waals surface area contributed by atoms with Crippen molar-refractivity contribution in [1.29, 1.82) is 0 Å². The highest BCUT2D eigenvalue weighted by atomic mass is 79.9. The zero-order valence-electron chi connectivity index (χ0n) is 21.2. The van der Waals surface area contributed by atoms with E-state index in [0.29, 0.717) is 46.8 Å². The van der Waals surface area contributed by atoms with Gasteiger partial charge in [-0.2, -0.15) is 13.2 Å². The lowest BCUT2D eigenvalue weighted by atomic mass is 9.93. The van der Waals surface area contributed by atoms with Gasteiger partial charge in [-0.3, -0.25) is 4.79 Å². The molecule has 0 amide bonds. The molecular weight excluding hydrogens is 553 g/mol. The van der Waals surface area contributed by atoms with Crippen molar-refractivity contribution in [2.75, 3.05) is 20.8 Å². The molecule has 0 bridgehead atoms. The van der Waals surface area contributed by atoms with Gasteiger partial charge in [-0.1, -0.05) is 35.0 Å². The molecule has 0 aliphatic rings. The smallest absolute Gasteiger partial charge is 0.416 e. The van der Waals surface area contributed by atoms with Crippen LogP contribution in [-0.4, -0.2) is 26.6 Å². The lowest BCUT2D eigenvalue weighted by Crippen LogP contribution is -2.13. The van der Waals surface area contributed by atoms with E-state index in [1.54, 1.807) is 32.0 Å². The van der Waals surface area contributed by atoms with E-state index in [2.05, 4.69) is 15.9 Å². The van der Waals surface area contributed by atoms with Gasteiger partial charge in [0.2, 0.25) is 11.5 Å². The monoisotopic (exact) mass is 580 g/mol. The molecule has 0 saturated heterocycles. The van der Waals surface area contributed by atoms with Gasteiger partial charge in [0, 0.05) is 4.47 Å². The van der Waals surface area contributed by atoms with E-state index in [4.69, 9.17) is 18.9 Å². The maximum Gasteiger partial charge on any atom is 0.416 e. The van der Waals surface area contributed by atoms with Crippen molar-refractivity contribution in [2.45, 2.75) is 40.0 Å². The molecule has 198 valence electrons. The highest BCUT2D eigenvalue weighted by Gasteiger charge is 2.31. The third-order valence-electron chi connectivity index (χ3n) is 5.77. The largest absolute Gasteiger partial charge is 0.496 e. The average Bonchev–Trinajstić information content (AvgIpc) is 2.87. The SMILES string of the molecule is CCCOc1c(OC)cc(C)c(C(=O)c2c(OC)ccc(Br)c2C)c1OCc1ccc(C(F)(F)F)cc1. The van der Waals surface area contributed by atoms with Crippen molar-refractivity contribution in [1.82, 2.24) is 0 Å².